The summed E-state index contributed by atoms with van der Waals surface area (Å²) in [7, 11) is 0. The minimum Gasteiger partial charge on any atom is -0.385 e. The standard InChI is InChI=1S/C24H28Cl2FN3O/c1-15-4-6-19(10-21(15)26)28-8-3-9-29-11-17-13-30(14-18(17)12-29)24(31)22-20(25)7-5-16(2)23(22)27/h4-7,10,17-18,28H,3,8-9,11-14H2,1-2H3. The van der Waals surface area contributed by atoms with Gasteiger partial charge in [-0.15, -0.1) is 0 Å². The number of anilines is 1. The maximum absolute atomic E-state index is 14.5. The summed E-state index contributed by atoms with van der Waals surface area (Å²) in [5.41, 5.74) is 2.58. The van der Waals surface area contributed by atoms with Crippen LogP contribution in [0.2, 0.25) is 10.0 Å². The van der Waals surface area contributed by atoms with E-state index in [4.69, 9.17) is 23.2 Å². The predicted octanol–water partition coefficient (Wildman–Crippen LogP) is 5.26. The van der Waals surface area contributed by atoms with Gasteiger partial charge in [0.15, 0.2) is 0 Å². The zero-order chi connectivity index (χ0) is 22.1. The molecule has 2 unspecified atom stereocenters. The molecule has 0 aromatic heterocycles. The lowest BCUT2D eigenvalue weighted by Crippen LogP contribution is -2.34. The topological polar surface area (TPSA) is 35.6 Å². The van der Waals surface area contributed by atoms with Gasteiger partial charge in [0.1, 0.15) is 5.82 Å². The Balaban J connectivity index is 1.24. The lowest BCUT2D eigenvalue weighted by Gasteiger charge is -2.22. The highest BCUT2D eigenvalue weighted by molar-refractivity contribution is 6.34. The summed E-state index contributed by atoms with van der Waals surface area (Å²) in [6.07, 6.45) is 1.04. The molecule has 2 fully saturated rings. The molecule has 0 spiro atoms. The number of amides is 1. The zero-order valence-corrected chi connectivity index (χ0v) is 19.4. The van der Waals surface area contributed by atoms with E-state index in [1.807, 2.05) is 19.1 Å². The van der Waals surface area contributed by atoms with E-state index in [0.29, 0.717) is 30.5 Å². The molecular weight excluding hydrogens is 436 g/mol. The molecule has 0 aliphatic carbocycles. The second-order valence-electron chi connectivity index (χ2n) is 8.79. The summed E-state index contributed by atoms with van der Waals surface area (Å²) in [5, 5.41) is 4.40. The molecule has 2 aliphatic heterocycles. The molecule has 1 N–H and O–H groups in total. The van der Waals surface area contributed by atoms with Crippen LogP contribution in [0.15, 0.2) is 30.3 Å². The van der Waals surface area contributed by atoms with Crippen molar-refractivity contribution in [3.63, 3.8) is 0 Å². The molecule has 1 amide bonds. The lowest BCUT2D eigenvalue weighted by molar-refractivity contribution is 0.0769. The number of aryl methyl sites for hydroxylation is 2. The summed E-state index contributed by atoms with van der Waals surface area (Å²) >= 11 is 12.3. The first kappa shape index (κ1) is 22.4. The molecule has 4 rings (SSSR count). The van der Waals surface area contributed by atoms with Crippen LogP contribution in [0.1, 0.15) is 27.9 Å². The van der Waals surface area contributed by atoms with Crippen molar-refractivity contribution >= 4 is 34.8 Å². The number of benzene rings is 2. The second kappa shape index (κ2) is 9.35. The number of carbonyl (C=O) groups is 1. The van der Waals surface area contributed by atoms with E-state index in [1.54, 1.807) is 24.0 Å². The first-order valence-electron chi connectivity index (χ1n) is 10.8. The van der Waals surface area contributed by atoms with E-state index >= 15 is 0 Å². The molecule has 2 aromatic carbocycles. The van der Waals surface area contributed by atoms with Crippen molar-refractivity contribution in [3.8, 4) is 0 Å². The summed E-state index contributed by atoms with van der Waals surface area (Å²) in [4.78, 5) is 17.2. The van der Waals surface area contributed by atoms with E-state index in [1.165, 1.54) is 0 Å². The van der Waals surface area contributed by atoms with E-state index in [-0.39, 0.29) is 16.5 Å². The minimum absolute atomic E-state index is 0.0146. The second-order valence-corrected chi connectivity index (χ2v) is 9.60. The predicted molar refractivity (Wildman–Crippen MR) is 125 cm³/mol. The van der Waals surface area contributed by atoms with Gasteiger partial charge in [-0.05, 0) is 68.0 Å². The van der Waals surface area contributed by atoms with Crippen molar-refractivity contribution in [2.75, 3.05) is 44.6 Å². The Labute approximate surface area is 193 Å². The maximum Gasteiger partial charge on any atom is 0.258 e. The highest BCUT2D eigenvalue weighted by Crippen LogP contribution is 2.33. The van der Waals surface area contributed by atoms with Crippen LogP contribution in [-0.2, 0) is 0 Å². The molecule has 31 heavy (non-hydrogen) atoms. The van der Waals surface area contributed by atoms with Gasteiger partial charge in [-0.1, -0.05) is 35.3 Å². The molecule has 4 nitrogen and oxygen atoms in total. The highest BCUT2D eigenvalue weighted by atomic mass is 35.5. The number of hydrogen-bond donors (Lipinski definition) is 1. The normalized spacial score (nSPS) is 20.9. The Kier molecular flexibility index (Phi) is 6.75. The average Bonchev–Trinajstić information content (AvgIpc) is 3.30. The van der Waals surface area contributed by atoms with Crippen molar-refractivity contribution < 1.29 is 9.18 Å². The van der Waals surface area contributed by atoms with Crippen molar-refractivity contribution in [1.82, 2.24) is 9.80 Å². The van der Waals surface area contributed by atoms with Crippen LogP contribution in [0.4, 0.5) is 10.1 Å². The quantitative estimate of drug-likeness (QED) is 0.593. The third-order valence-electron chi connectivity index (χ3n) is 6.50. The van der Waals surface area contributed by atoms with E-state index in [0.717, 1.165) is 48.9 Å². The molecular formula is C24H28Cl2FN3O. The summed E-state index contributed by atoms with van der Waals surface area (Å²) in [6.45, 7) is 8.86. The van der Waals surface area contributed by atoms with E-state index < -0.39 is 5.82 Å². The molecule has 7 heteroatoms. The van der Waals surface area contributed by atoms with Crippen LogP contribution in [0.3, 0.4) is 0 Å². The summed E-state index contributed by atoms with van der Waals surface area (Å²) in [6, 6.07) is 9.25. The number of halogens is 3. The largest absolute Gasteiger partial charge is 0.385 e. The fourth-order valence-corrected chi connectivity index (χ4v) is 5.10. The number of nitrogens with zero attached hydrogens (tertiary/aromatic N) is 2. The molecule has 2 aromatic rings. The Bertz CT molecular complexity index is 970. The molecule has 2 saturated heterocycles. The van der Waals surface area contributed by atoms with Gasteiger partial charge in [0.05, 0.1) is 10.6 Å². The Morgan fingerprint density at radius 3 is 2.39 bits per heavy atom. The zero-order valence-electron chi connectivity index (χ0n) is 17.9. The summed E-state index contributed by atoms with van der Waals surface area (Å²) in [5.74, 6) is 0.102. The number of carbonyl (C=O) groups excluding carboxylic acids is 1. The average molecular weight is 464 g/mol. The van der Waals surface area contributed by atoms with Crippen LogP contribution in [0, 0.1) is 31.5 Å². The summed E-state index contributed by atoms with van der Waals surface area (Å²) < 4.78 is 14.5. The number of fused-ring (bicyclic) bond motifs is 1. The van der Waals surface area contributed by atoms with Gasteiger partial charge in [-0.2, -0.15) is 0 Å². The molecule has 2 heterocycles. The third-order valence-corrected chi connectivity index (χ3v) is 7.22. The van der Waals surface area contributed by atoms with Gasteiger partial charge < -0.3 is 15.1 Å². The molecule has 0 bridgehead atoms. The Hall–Kier alpha value is -1.82. The smallest absolute Gasteiger partial charge is 0.258 e. The number of nitrogens with one attached hydrogen (secondary N) is 1. The highest BCUT2D eigenvalue weighted by Gasteiger charge is 2.42. The van der Waals surface area contributed by atoms with Crippen molar-refractivity contribution in [2.24, 2.45) is 11.8 Å². The van der Waals surface area contributed by atoms with Gasteiger partial charge >= 0.3 is 0 Å². The van der Waals surface area contributed by atoms with E-state index in [2.05, 4.69) is 16.3 Å². The lowest BCUT2D eigenvalue weighted by atomic mass is 10.0. The number of rotatable bonds is 6. The van der Waals surface area contributed by atoms with Gasteiger partial charge in [0.25, 0.3) is 5.91 Å². The molecule has 0 saturated carbocycles. The molecule has 2 atom stereocenters. The fraction of sp³-hybridized carbons (Fsp3) is 0.458. The third kappa shape index (κ3) is 4.84. The van der Waals surface area contributed by atoms with Gasteiger partial charge in [-0.3, -0.25) is 4.79 Å². The van der Waals surface area contributed by atoms with Crippen LogP contribution in [0.25, 0.3) is 0 Å². The van der Waals surface area contributed by atoms with Crippen LogP contribution in [0.5, 0.6) is 0 Å². The maximum atomic E-state index is 14.5. The Morgan fingerprint density at radius 2 is 1.71 bits per heavy atom. The SMILES string of the molecule is Cc1ccc(NCCCN2CC3CN(C(=O)c4c(Cl)ccc(C)c4F)CC3C2)cc1Cl. The number of likely N-dealkylation sites (tertiary alicyclic amines) is 2. The van der Waals surface area contributed by atoms with Crippen LogP contribution >= 0.6 is 23.2 Å². The monoisotopic (exact) mass is 463 g/mol. The van der Waals surface area contributed by atoms with Gasteiger partial charge in [0, 0.05) is 43.4 Å². The van der Waals surface area contributed by atoms with Crippen LogP contribution < -0.4 is 5.32 Å². The van der Waals surface area contributed by atoms with Gasteiger partial charge in [-0.25, -0.2) is 4.39 Å². The Morgan fingerprint density at radius 1 is 1.03 bits per heavy atom. The molecule has 2 aliphatic rings. The molecule has 166 valence electrons. The van der Waals surface area contributed by atoms with Crippen LogP contribution in [-0.4, -0.2) is 55.0 Å². The fourth-order valence-electron chi connectivity index (χ4n) is 4.69. The van der Waals surface area contributed by atoms with Gasteiger partial charge in [0.2, 0.25) is 0 Å². The van der Waals surface area contributed by atoms with Crippen molar-refractivity contribution in [3.05, 3.63) is 62.9 Å². The first-order valence-corrected chi connectivity index (χ1v) is 11.6. The van der Waals surface area contributed by atoms with E-state index in [9.17, 15) is 9.18 Å². The van der Waals surface area contributed by atoms with Crippen molar-refractivity contribution in [1.29, 1.82) is 0 Å². The van der Waals surface area contributed by atoms with Crippen molar-refractivity contribution in [2.45, 2.75) is 20.3 Å². The minimum atomic E-state index is -0.501. The molecule has 0 radical (unpaired) electrons. The number of hydrogen-bond acceptors (Lipinski definition) is 3. The first-order chi connectivity index (χ1) is 14.8.